The van der Waals surface area contributed by atoms with Crippen molar-refractivity contribution in [1.82, 2.24) is 14.5 Å². The SMILES string of the molecule is CCOc1nc(N)nc2c1sc(=O)n2[C@@H]1O[C@H](COC(=O)OC(C)C)[C@@H](O)[C@H]1O. The molecular weight excluding hydrogens is 408 g/mol. The van der Waals surface area contributed by atoms with Gasteiger partial charge in [-0.3, -0.25) is 9.36 Å². The molecule has 2 aromatic rings. The Bertz CT molecular complexity index is 945. The Hall–Kier alpha value is -2.48. The largest absolute Gasteiger partial charge is 0.508 e. The zero-order valence-corrected chi connectivity index (χ0v) is 16.8. The third kappa shape index (κ3) is 4.27. The Kier molecular flexibility index (Phi) is 6.21. The first-order chi connectivity index (χ1) is 13.7. The van der Waals surface area contributed by atoms with E-state index in [-0.39, 0.29) is 30.2 Å². The number of ether oxygens (including phenoxy) is 4. The van der Waals surface area contributed by atoms with Gasteiger partial charge in [-0.05, 0) is 20.8 Å². The van der Waals surface area contributed by atoms with Crippen LogP contribution in [-0.4, -0.2) is 68.5 Å². The molecule has 0 saturated carbocycles. The summed E-state index contributed by atoms with van der Waals surface area (Å²) in [6, 6.07) is 0. The predicted octanol–water partition coefficient (Wildman–Crippen LogP) is 0.0147. The van der Waals surface area contributed by atoms with Crippen LogP contribution in [0.15, 0.2) is 4.79 Å². The molecule has 0 bridgehead atoms. The summed E-state index contributed by atoms with van der Waals surface area (Å²) < 4.78 is 22.1. The second-order valence-corrected chi connectivity index (χ2v) is 7.45. The standard InChI is InChI=1S/C16H22N4O8S/c1-4-25-12-10-11(18-14(17)19-12)20(15(23)29-10)13-9(22)8(21)7(28-13)5-26-16(24)27-6(2)3/h6-9,13,21-22H,4-5H2,1-3H3,(H2,17,18,19)/t7-,8-,9-,13-/m1/s1. The van der Waals surface area contributed by atoms with Crippen LogP contribution in [0.2, 0.25) is 0 Å². The number of thiazole rings is 1. The fourth-order valence-electron chi connectivity index (χ4n) is 2.83. The summed E-state index contributed by atoms with van der Waals surface area (Å²) in [4.78, 5) is 31.6. The first kappa shape index (κ1) is 21.2. The predicted molar refractivity (Wildman–Crippen MR) is 101 cm³/mol. The van der Waals surface area contributed by atoms with Crippen molar-refractivity contribution in [2.45, 2.75) is 51.4 Å². The number of aliphatic hydroxyl groups excluding tert-OH is 2. The van der Waals surface area contributed by atoms with Crippen molar-refractivity contribution in [1.29, 1.82) is 0 Å². The van der Waals surface area contributed by atoms with Gasteiger partial charge in [-0.2, -0.15) is 9.97 Å². The van der Waals surface area contributed by atoms with Gasteiger partial charge in [-0.15, -0.1) is 0 Å². The minimum absolute atomic E-state index is 0.105. The van der Waals surface area contributed by atoms with Crippen LogP contribution in [0.1, 0.15) is 27.0 Å². The van der Waals surface area contributed by atoms with Crippen LogP contribution in [0, 0.1) is 0 Å². The summed E-state index contributed by atoms with van der Waals surface area (Å²) in [5.41, 5.74) is 5.81. The number of fused-ring (bicyclic) bond motifs is 1. The van der Waals surface area contributed by atoms with Crippen LogP contribution in [0.25, 0.3) is 10.3 Å². The average Bonchev–Trinajstić information content (AvgIpc) is 3.10. The Balaban J connectivity index is 1.87. The molecule has 4 N–H and O–H groups in total. The molecule has 0 unspecified atom stereocenters. The number of nitrogens with zero attached hydrogens (tertiary/aromatic N) is 3. The second-order valence-electron chi connectivity index (χ2n) is 6.48. The number of aliphatic hydroxyl groups is 2. The molecule has 0 spiro atoms. The molecule has 0 radical (unpaired) electrons. The van der Waals surface area contributed by atoms with E-state index in [0.717, 1.165) is 15.9 Å². The van der Waals surface area contributed by atoms with Gasteiger partial charge in [0.2, 0.25) is 11.8 Å². The molecule has 2 aromatic heterocycles. The number of nitrogens with two attached hydrogens (primary N) is 1. The lowest BCUT2D eigenvalue weighted by molar-refractivity contribution is -0.0640. The van der Waals surface area contributed by atoms with Crippen molar-refractivity contribution in [3.05, 3.63) is 9.67 Å². The summed E-state index contributed by atoms with van der Waals surface area (Å²) in [5.74, 6) is 0.0112. The number of hydrogen-bond donors (Lipinski definition) is 3. The van der Waals surface area contributed by atoms with Crippen molar-refractivity contribution >= 4 is 33.8 Å². The summed E-state index contributed by atoms with van der Waals surface area (Å²) >= 11 is 0.794. The number of carbonyl (C=O) groups is 1. The number of hydrogen-bond acceptors (Lipinski definition) is 12. The van der Waals surface area contributed by atoms with Crippen LogP contribution in [-0.2, 0) is 14.2 Å². The normalized spacial score (nSPS) is 24.2. The number of carbonyl (C=O) groups excluding carboxylic acids is 1. The molecule has 1 fully saturated rings. The highest BCUT2D eigenvalue weighted by Crippen LogP contribution is 2.34. The quantitative estimate of drug-likeness (QED) is 0.528. The zero-order valence-electron chi connectivity index (χ0n) is 16.0. The molecule has 3 heterocycles. The lowest BCUT2D eigenvalue weighted by Gasteiger charge is -2.16. The maximum Gasteiger partial charge on any atom is 0.508 e. The van der Waals surface area contributed by atoms with Gasteiger partial charge in [0.15, 0.2) is 11.9 Å². The van der Waals surface area contributed by atoms with E-state index in [1.54, 1.807) is 20.8 Å². The van der Waals surface area contributed by atoms with Crippen molar-refractivity contribution in [2.24, 2.45) is 0 Å². The van der Waals surface area contributed by atoms with E-state index in [0.29, 0.717) is 11.3 Å². The van der Waals surface area contributed by atoms with Gasteiger partial charge in [-0.1, -0.05) is 11.3 Å². The van der Waals surface area contributed by atoms with Gasteiger partial charge in [0.1, 0.15) is 29.6 Å². The van der Waals surface area contributed by atoms with Crippen LogP contribution in [0.5, 0.6) is 5.88 Å². The Morgan fingerprint density at radius 3 is 2.72 bits per heavy atom. The fraction of sp³-hybridized carbons (Fsp3) is 0.625. The molecule has 3 rings (SSSR count). The highest BCUT2D eigenvalue weighted by Gasteiger charge is 2.46. The number of rotatable bonds is 6. The number of anilines is 1. The monoisotopic (exact) mass is 430 g/mol. The molecule has 4 atom stereocenters. The summed E-state index contributed by atoms with van der Waals surface area (Å²) in [6.07, 6.45) is -6.57. The Morgan fingerprint density at radius 1 is 1.34 bits per heavy atom. The molecule has 0 aliphatic carbocycles. The van der Waals surface area contributed by atoms with Gasteiger partial charge in [0.25, 0.3) is 0 Å². The van der Waals surface area contributed by atoms with Gasteiger partial charge in [0, 0.05) is 0 Å². The molecule has 12 nitrogen and oxygen atoms in total. The lowest BCUT2D eigenvalue weighted by atomic mass is 10.1. The Morgan fingerprint density at radius 2 is 2.07 bits per heavy atom. The van der Waals surface area contributed by atoms with Crippen molar-refractivity contribution < 1.29 is 34.0 Å². The molecule has 0 amide bonds. The minimum atomic E-state index is -1.48. The first-order valence-corrected chi connectivity index (χ1v) is 9.70. The lowest BCUT2D eigenvalue weighted by Crippen LogP contribution is -2.35. The van der Waals surface area contributed by atoms with Crippen molar-refractivity contribution in [2.75, 3.05) is 18.9 Å². The molecule has 0 aromatic carbocycles. The summed E-state index contributed by atoms with van der Waals surface area (Å²) in [6.45, 7) is 4.97. The molecule has 1 aliphatic heterocycles. The molecule has 160 valence electrons. The maximum absolute atomic E-state index is 12.6. The Labute approximate surface area is 168 Å². The van der Waals surface area contributed by atoms with E-state index >= 15 is 0 Å². The van der Waals surface area contributed by atoms with Crippen LogP contribution < -0.4 is 15.3 Å². The third-order valence-corrected chi connectivity index (χ3v) is 4.95. The minimum Gasteiger partial charge on any atom is -0.477 e. The highest BCUT2D eigenvalue weighted by atomic mass is 32.1. The molecule has 13 heteroatoms. The van der Waals surface area contributed by atoms with E-state index in [9.17, 15) is 19.8 Å². The van der Waals surface area contributed by atoms with E-state index < -0.39 is 35.6 Å². The molecule has 1 aliphatic rings. The van der Waals surface area contributed by atoms with Crippen LogP contribution >= 0.6 is 11.3 Å². The second kappa shape index (κ2) is 8.49. The van der Waals surface area contributed by atoms with Crippen LogP contribution in [0.3, 0.4) is 0 Å². The van der Waals surface area contributed by atoms with Crippen molar-refractivity contribution in [3.8, 4) is 5.88 Å². The highest BCUT2D eigenvalue weighted by molar-refractivity contribution is 7.16. The number of nitrogen functional groups attached to an aromatic ring is 1. The average molecular weight is 430 g/mol. The van der Waals surface area contributed by atoms with E-state index in [1.807, 2.05) is 0 Å². The zero-order chi connectivity index (χ0) is 21.3. The first-order valence-electron chi connectivity index (χ1n) is 8.89. The van der Waals surface area contributed by atoms with E-state index in [2.05, 4.69) is 9.97 Å². The number of aromatic nitrogens is 3. The molecule has 1 saturated heterocycles. The molecular formula is C16H22N4O8S. The van der Waals surface area contributed by atoms with Gasteiger partial charge >= 0.3 is 11.0 Å². The third-order valence-electron chi connectivity index (χ3n) is 4.02. The van der Waals surface area contributed by atoms with Gasteiger partial charge in [-0.25, -0.2) is 4.79 Å². The summed E-state index contributed by atoms with van der Waals surface area (Å²) in [5, 5.41) is 20.7. The topological polar surface area (TPSA) is 168 Å². The van der Waals surface area contributed by atoms with Gasteiger partial charge in [0.05, 0.1) is 12.7 Å². The smallest absolute Gasteiger partial charge is 0.477 e. The van der Waals surface area contributed by atoms with Crippen molar-refractivity contribution in [3.63, 3.8) is 0 Å². The van der Waals surface area contributed by atoms with E-state index in [1.165, 1.54) is 0 Å². The maximum atomic E-state index is 12.6. The van der Waals surface area contributed by atoms with Gasteiger partial charge < -0.3 is 34.9 Å². The molecule has 29 heavy (non-hydrogen) atoms. The van der Waals surface area contributed by atoms with E-state index in [4.69, 9.17) is 24.7 Å². The summed E-state index contributed by atoms with van der Waals surface area (Å²) in [7, 11) is 0. The fourth-order valence-corrected chi connectivity index (χ4v) is 3.72. The van der Waals surface area contributed by atoms with Crippen LogP contribution in [0.4, 0.5) is 10.7 Å².